The maximum atomic E-state index is 9.30. The van der Waals surface area contributed by atoms with Crippen molar-refractivity contribution in [2.45, 2.75) is 32.1 Å². The number of ether oxygens (including phenoxy) is 1. The average molecular weight is 266 g/mol. The molecule has 1 saturated heterocycles. The number of anilines is 1. The number of aromatic nitrogens is 1. The molecular weight excluding hydrogens is 244 g/mol. The summed E-state index contributed by atoms with van der Waals surface area (Å²) in [7, 11) is 0. The fourth-order valence-corrected chi connectivity index (χ4v) is 2.51. The minimum absolute atomic E-state index is 0.0394. The van der Waals surface area contributed by atoms with Crippen LogP contribution in [0.3, 0.4) is 0 Å². The lowest BCUT2D eigenvalue weighted by atomic mass is 10.1. The molecule has 0 bridgehead atoms. The van der Waals surface area contributed by atoms with Crippen LogP contribution in [0.25, 0.3) is 0 Å². The Bertz CT molecular complexity index is 425. The molecule has 0 amide bonds. The Labute approximate surface area is 113 Å². The topological polar surface area (TPSA) is 83.6 Å². The number of hydrogen-bond donors (Lipinski definition) is 3. The molecule has 0 radical (unpaired) electrons. The van der Waals surface area contributed by atoms with Crippen LogP contribution < -0.4 is 11.3 Å². The van der Waals surface area contributed by atoms with Gasteiger partial charge in [0.2, 0.25) is 0 Å². The van der Waals surface area contributed by atoms with Crippen molar-refractivity contribution in [3.8, 4) is 0 Å². The first-order valence-corrected chi connectivity index (χ1v) is 6.46. The molecule has 6 heteroatoms. The SMILES string of the molecule is CC1(C)CN(Cc2cccc(NN)n2)CC(CO)O1. The van der Waals surface area contributed by atoms with E-state index in [1.165, 1.54) is 0 Å². The number of aliphatic hydroxyl groups is 1. The summed E-state index contributed by atoms with van der Waals surface area (Å²) in [6.45, 7) is 6.35. The summed E-state index contributed by atoms with van der Waals surface area (Å²) in [5.41, 5.74) is 3.24. The van der Waals surface area contributed by atoms with Crippen molar-refractivity contribution < 1.29 is 9.84 Å². The summed E-state index contributed by atoms with van der Waals surface area (Å²) in [4.78, 5) is 6.65. The smallest absolute Gasteiger partial charge is 0.140 e. The highest BCUT2D eigenvalue weighted by Gasteiger charge is 2.33. The van der Waals surface area contributed by atoms with E-state index in [4.69, 9.17) is 10.6 Å². The highest BCUT2D eigenvalue weighted by atomic mass is 16.5. The summed E-state index contributed by atoms with van der Waals surface area (Å²) in [6.07, 6.45) is -0.139. The van der Waals surface area contributed by atoms with Gasteiger partial charge in [-0.15, -0.1) is 0 Å². The van der Waals surface area contributed by atoms with Gasteiger partial charge in [0.25, 0.3) is 0 Å². The van der Waals surface area contributed by atoms with Crippen LogP contribution in [-0.2, 0) is 11.3 Å². The third-order valence-corrected chi connectivity index (χ3v) is 3.10. The second-order valence-electron chi connectivity index (χ2n) is 5.51. The zero-order valence-electron chi connectivity index (χ0n) is 11.5. The van der Waals surface area contributed by atoms with E-state index in [1.807, 2.05) is 32.0 Å². The van der Waals surface area contributed by atoms with E-state index in [-0.39, 0.29) is 18.3 Å². The predicted molar refractivity (Wildman–Crippen MR) is 73.4 cm³/mol. The van der Waals surface area contributed by atoms with Crippen LogP contribution in [0.15, 0.2) is 18.2 Å². The molecule has 1 unspecified atom stereocenters. The lowest BCUT2D eigenvalue weighted by Gasteiger charge is -2.42. The molecule has 1 aliphatic heterocycles. The molecule has 0 spiro atoms. The van der Waals surface area contributed by atoms with Crippen LogP contribution in [0.2, 0.25) is 0 Å². The monoisotopic (exact) mass is 266 g/mol. The van der Waals surface area contributed by atoms with Crippen LogP contribution in [-0.4, -0.2) is 46.4 Å². The van der Waals surface area contributed by atoms with Gasteiger partial charge >= 0.3 is 0 Å². The number of nitrogens with zero attached hydrogens (tertiary/aromatic N) is 2. The first-order valence-electron chi connectivity index (χ1n) is 6.46. The van der Waals surface area contributed by atoms with Crippen LogP contribution in [0.5, 0.6) is 0 Å². The van der Waals surface area contributed by atoms with E-state index >= 15 is 0 Å². The third-order valence-electron chi connectivity index (χ3n) is 3.10. The standard InChI is InChI=1S/C13H22N4O2/c1-13(2)9-17(7-11(8-18)19-13)6-10-4-3-5-12(15-10)16-14/h3-5,11,18H,6-9,14H2,1-2H3,(H,15,16). The van der Waals surface area contributed by atoms with Crippen molar-refractivity contribution in [3.63, 3.8) is 0 Å². The number of hydrazine groups is 1. The number of nitrogen functional groups attached to an aromatic ring is 1. The number of nitrogens with two attached hydrogens (primary N) is 1. The first kappa shape index (κ1) is 14.2. The molecule has 1 aromatic rings. The molecule has 0 aliphatic carbocycles. The minimum Gasteiger partial charge on any atom is -0.394 e. The minimum atomic E-state index is -0.255. The number of aliphatic hydroxyl groups excluding tert-OH is 1. The molecule has 0 aromatic carbocycles. The maximum absolute atomic E-state index is 9.30. The second-order valence-corrected chi connectivity index (χ2v) is 5.51. The Balaban J connectivity index is 2.04. The van der Waals surface area contributed by atoms with Crippen molar-refractivity contribution in [1.82, 2.24) is 9.88 Å². The van der Waals surface area contributed by atoms with Gasteiger partial charge in [0.05, 0.1) is 24.0 Å². The lowest BCUT2D eigenvalue weighted by Crippen LogP contribution is -2.53. The highest BCUT2D eigenvalue weighted by molar-refractivity contribution is 5.33. The van der Waals surface area contributed by atoms with E-state index in [1.54, 1.807) is 0 Å². The van der Waals surface area contributed by atoms with E-state index in [0.717, 1.165) is 18.8 Å². The van der Waals surface area contributed by atoms with Gasteiger partial charge < -0.3 is 15.3 Å². The molecule has 1 atom stereocenters. The molecule has 106 valence electrons. The first-order chi connectivity index (χ1) is 9.02. The van der Waals surface area contributed by atoms with E-state index < -0.39 is 0 Å². The molecular formula is C13H22N4O2. The fraction of sp³-hybridized carbons (Fsp3) is 0.615. The zero-order chi connectivity index (χ0) is 13.9. The molecule has 1 aliphatic rings. The largest absolute Gasteiger partial charge is 0.394 e. The summed E-state index contributed by atoms with van der Waals surface area (Å²) in [5, 5.41) is 9.30. The predicted octanol–water partition coefficient (Wildman–Crippen LogP) is 0.339. The maximum Gasteiger partial charge on any atom is 0.140 e. The van der Waals surface area contributed by atoms with Crippen molar-refractivity contribution >= 4 is 5.82 Å². The second kappa shape index (κ2) is 5.83. The van der Waals surface area contributed by atoms with Gasteiger partial charge in [-0.05, 0) is 26.0 Å². The van der Waals surface area contributed by atoms with Crippen LogP contribution >= 0.6 is 0 Å². The Morgan fingerprint density at radius 3 is 3.05 bits per heavy atom. The van der Waals surface area contributed by atoms with E-state index in [2.05, 4.69) is 15.3 Å². The number of hydrogen-bond acceptors (Lipinski definition) is 6. The van der Waals surface area contributed by atoms with Crippen LogP contribution in [0.1, 0.15) is 19.5 Å². The Morgan fingerprint density at radius 2 is 2.37 bits per heavy atom. The molecule has 4 N–H and O–H groups in total. The van der Waals surface area contributed by atoms with E-state index in [0.29, 0.717) is 12.4 Å². The Hall–Kier alpha value is -1.21. The van der Waals surface area contributed by atoms with Crippen molar-refractivity contribution in [2.75, 3.05) is 25.1 Å². The van der Waals surface area contributed by atoms with Gasteiger partial charge in [0.1, 0.15) is 5.82 Å². The summed E-state index contributed by atoms with van der Waals surface area (Å²) >= 11 is 0. The third kappa shape index (κ3) is 3.87. The molecule has 0 saturated carbocycles. The van der Waals surface area contributed by atoms with Crippen LogP contribution in [0.4, 0.5) is 5.82 Å². The molecule has 2 rings (SSSR count). The number of morpholine rings is 1. The fourth-order valence-electron chi connectivity index (χ4n) is 2.51. The van der Waals surface area contributed by atoms with Gasteiger partial charge in [-0.1, -0.05) is 6.07 Å². The van der Waals surface area contributed by atoms with Gasteiger partial charge in [-0.3, -0.25) is 4.90 Å². The average Bonchev–Trinajstić information content (AvgIpc) is 2.37. The molecule has 19 heavy (non-hydrogen) atoms. The number of pyridine rings is 1. The number of nitrogens with one attached hydrogen (secondary N) is 1. The van der Waals surface area contributed by atoms with Gasteiger partial charge in [-0.2, -0.15) is 0 Å². The van der Waals surface area contributed by atoms with Gasteiger partial charge in [-0.25, -0.2) is 10.8 Å². The molecule has 2 heterocycles. The quantitative estimate of drug-likeness (QED) is 0.538. The highest BCUT2D eigenvalue weighted by Crippen LogP contribution is 2.22. The van der Waals surface area contributed by atoms with Crippen molar-refractivity contribution in [1.29, 1.82) is 0 Å². The number of rotatable bonds is 4. The lowest BCUT2D eigenvalue weighted by molar-refractivity contribution is -0.150. The Morgan fingerprint density at radius 1 is 1.58 bits per heavy atom. The Kier molecular flexibility index (Phi) is 4.36. The molecule has 1 aromatic heterocycles. The van der Waals surface area contributed by atoms with E-state index in [9.17, 15) is 5.11 Å². The van der Waals surface area contributed by atoms with Gasteiger partial charge in [0.15, 0.2) is 0 Å². The summed E-state index contributed by atoms with van der Waals surface area (Å²) < 4.78 is 5.79. The zero-order valence-corrected chi connectivity index (χ0v) is 11.5. The van der Waals surface area contributed by atoms with Gasteiger partial charge in [0, 0.05) is 19.6 Å². The normalized spacial score (nSPS) is 23.3. The van der Waals surface area contributed by atoms with Crippen LogP contribution in [0, 0.1) is 0 Å². The summed E-state index contributed by atoms with van der Waals surface area (Å²) in [5.74, 6) is 6.02. The molecule has 6 nitrogen and oxygen atoms in total. The summed E-state index contributed by atoms with van der Waals surface area (Å²) in [6, 6.07) is 5.72. The van der Waals surface area contributed by atoms with Crippen molar-refractivity contribution in [2.24, 2.45) is 5.84 Å². The molecule has 1 fully saturated rings. The van der Waals surface area contributed by atoms with Crippen molar-refractivity contribution in [3.05, 3.63) is 23.9 Å².